The minimum atomic E-state index is -0.691. The van der Waals surface area contributed by atoms with E-state index in [0.29, 0.717) is 25.6 Å². The van der Waals surface area contributed by atoms with Crippen LogP contribution in [0.2, 0.25) is 0 Å². The zero-order valence-electron chi connectivity index (χ0n) is 16.9. The zero-order chi connectivity index (χ0) is 20.6. The number of aliphatic hydroxyl groups excluding tert-OH is 1. The molecule has 0 aliphatic heterocycles. The van der Waals surface area contributed by atoms with Crippen molar-refractivity contribution in [3.63, 3.8) is 0 Å². The molecule has 0 spiro atoms. The molecule has 3 rings (SSSR count). The Morgan fingerprint density at radius 3 is 2.48 bits per heavy atom. The van der Waals surface area contributed by atoms with E-state index in [2.05, 4.69) is 13.8 Å². The molecule has 5 heteroatoms. The third-order valence-electron chi connectivity index (χ3n) is 4.71. The van der Waals surface area contributed by atoms with Gasteiger partial charge in [0.25, 0.3) is 0 Å². The highest BCUT2D eigenvalue weighted by molar-refractivity contribution is 5.28. The van der Waals surface area contributed by atoms with E-state index in [1.54, 1.807) is 12.3 Å². The maximum absolute atomic E-state index is 13.5. The molecule has 0 radical (unpaired) electrons. The van der Waals surface area contributed by atoms with Gasteiger partial charge in [0, 0.05) is 13.1 Å². The van der Waals surface area contributed by atoms with Crippen molar-refractivity contribution in [1.29, 1.82) is 0 Å². The van der Waals surface area contributed by atoms with Crippen molar-refractivity contribution < 1.29 is 18.7 Å². The van der Waals surface area contributed by atoms with Crippen molar-refractivity contribution in [3.05, 3.63) is 89.6 Å². The SMILES string of the molecule is CC(C)c1ccc(OCC(O)CN(Cc2cccc(F)c2)Cc2ccco2)cc1. The third-order valence-corrected chi connectivity index (χ3v) is 4.71. The Bertz CT molecular complexity index is 862. The molecule has 0 saturated heterocycles. The number of rotatable bonds is 10. The van der Waals surface area contributed by atoms with Gasteiger partial charge in [0.2, 0.25) is 0 Å². The molecule has 0 saturated carbocycles. The lowest BCUT2D eigenvalue weighted by Crippen LogP contribution is -2.35. The van der Waals surface area contributed by atoms with Crippen molar-refractivity contribution in [2.75, 3.05) is 13.2 Å². The lowest BCUT2D eigenvalue weighted by Gasteiger charge is -2.24. The van der Waals surface area contributed by atoms with Crippen molar-refractivity contribution in [3.8, 4) is 5.75 Å². The smallest absolute Gasteiger partial charge is 0.123 e. The Labute approximate surface area is 171 Å². The first kappa shape index (κ1) is 21.1. The fourth-order valence-corrected chi connectivity index (χ4v) is 3.19. The molecule has 1 aromatic heterocycles. The Morgan fingerprint density at radius 2 is 1.83 bits per heavy atom. The lowest BCUT2D eigenvalue weighted by atomic mass is 10.0. The van der Waals surface area contributed by atoms with Gasteiger partial charge in [-0.15, -0.1) is 0 Å². The summed E-state index contributed by atoms with van der Waals surface area (Å²) in [4.78, 5) is 2.02. The Kier molecular flexibility index (Phi) is 7.44. The summed E-state index contributed by atoms with van der Waals surface area (Å²) in [6, 6.07) is 18.1. The van der Waals surface area contributed by atoms with Crippen LogP contribution in [0.5, 0.6) is 5.75 Å². The summed E-state index contributed by atoms with van der Waals surface area (Å²) in [7, 11) is 0. The number of furan rings is 1. The number of hydrogen-bond donors (Lipinski definition) is 1. The maximum atomic E-state index is 13.5. The molecule has 29 heavy (non-hydrogen) atoms. The molecule has 1 atom stereocenters. The molecular weight excluding hydrogens is 369 g/mol. The predicted octanol–water partition coefficient (Wildman–Crippen LogP) is 4.98. The lowest BCUT2D eigenvalue weighted by molar-refractivity contribution is 0.0604. The van der Waals surface area contributed by atoms with Crippen LogP contribution in [0.4, 0.5) is 4.39 Å². The van der Waals surface area contributed by atoms with Crippen molar-refractivity contribution >= 4 is 0 Å². The second-order valence-electron chi connectivity index (χ2n) is 7.57. The number of ether oxygens (including phenoxy) is 1. The molecular formula is C24H28FNO3. The molecule has 0 aliphatic rings. The van der Waals surface area contributed by atoms with Crippen molar-refractivity contribution in [2.24, 2.45) is 0 Å². The molecule has 4 nitrogen and oxygen atoms in total. The predicted molar refractivity (Wildman–Crippen MR) is 111 cm³/mol. The highest BCUT2D eigenvalue weighted by Crippen LogP contribution is 2.19. The molecule has 1 heterocycles. The first-order valence-corrected chi connectivity index (χ1v) is 9.89. The maximum Gasteiger partial charge on any atom is 0.123 e. The van der Waals surface area contributed by atoms with Crippen LogP contribution < -0.4 is 4.74 Å². The molecule has 2 aromatic carbocycles. The summed E-state index contributed by atoms with van der Waals surface area (Å²) in [5, 5.41) is 10.5. The van der Waals surface area contributed by atoms with Crippen molar-refractivity contribution in [2.45, 2.75) is 39.0 Å². The summed E-state index contributed by atoms with van der Waals surface area (Å²) in [5.41, 5.74) is 2.09. The van der Waals surface area contributed by atoms with Crippen LogP contribution >= 0.6 is 0 Å². The van der Waals surface area contributed by atoms with Gasteiger partial charge in [0.1, 0.15) is 30.0 Å². The molecule has 1 N–H and O–H groups in total. The largest absolute Gasteiger partial charge is 0.491 e. The van der Waals surface area contributed by atoms with Crippen LogP contribution in [0.1, 0.15) is 36.7 Å². The van der Waals surface area contributed by atoms with E-state index in [1.807, 2.05) is 47.4 Å². The fraction of sp³-hybridized carbons (Fsp3) is 0.333. The monoisotopic (exact) mass is 397 g/mol. The summed E-state index contributed by atoms with van der Waals surface area (Å²) in [5.74, 6) is 1.72. The van der Waals surface area contributed by atoms with Crippen LogP contribution in [0.25, 0.3) is 0 Å². The molecule has 0 aliphatic carbocycles. The van der Waals surface area contributed by atoms with Gasteiger partial charge in [-0.1, -0.05) is 38.1 Å². The second-order valence-corrected chi connectivity index (χ2v) is 7.57. The van der Waals surface area contributed by atoms with Gasteiger partial charge in [-0.2, -0.15) is 0 Å². The number of benzene rings is 2. The van der Waals surface area contributed by atoms with Crippen LogP contribution in [-0.2, 0) is 13.1 Å². The van der Waals surface area contributed by atoms with Crippen LogP contribution in [0.15, 0.2) is 71.3 Å². The standard InChI is InChI=1S/C24H28FNO3/c1-18(2)20-8-10-23(11-9-20)29-17-22(27)15-26(16-24-7-4-12-28-24)14-19-5-3-6-21(25)13-19/h3-13,18,22,27H,14-17H2,1-2H3. The zero-order valence-corrected chi connectivity index (χ0v) is 16.9. The van der Waals surface area contributed by atoms with E-state index >= 15 is 0 Å². The number of hydrogen-bond acceptors (Lipinski definition) is 4. The van der Waals surface area contributed by atoms with E-state index < -0.39 is 6.10 Å². The van der Waals surface area contributed by atoms with E-state index in [9.17, 15) is 9.50 Å². The fourth-order valence-electron chi connectivity index (χ4n) is 3.19. The Morgan fingerprint density at radius 1 is 1.03 bits per heavy atom. The average Bonchev–Trinajstić information content (AvgIpc) is 3.19. The first-order chi connectivity index (χ1) is 14.0. The summed E-state index contributed by atoms with van der Waals surface area (Å²) < 4.78 is 24.7. The minimum Gasteiger partial charge on any atom is -0.491 e. The summed E-state index contributed by atoms with van der Waals surface area (Å²) >= 11 is 0. The minimum absolute atomic E-state index is 0.179. The Balaban J connectivity index is 1.58. The van der Waals surface area contributed by atoms with Crippen molar-refractivity contribution in [1.82, 2.24) is 4.90 Å². The highest BCUT2D eigenvalue weighted by Gasteiger charge is 2.15. The normalized spacial score (nSPS) is 12.5. The van der Waals surface area contributed by atoms with Gasteiger partial charge in [-0.3, -0.25) is 4.90 Å². The van der Waals surface area contributed by atoms with Crippen LogP contribution in [0, 0.1) is 5.82 Å². The molecule has 0 fully saturated rings. The number of aliphatic hydroxyl groups is 1. The Hall–Kier alpha value is -2.63. The van der Waals surface area contributed by atoms with E-state index in [4.69, 9.17) is 9.15 Å². The van der Waals surface area contributed by atoms with Crippen LogP contribution in [0.3, 0.4) is 0 Å². The summed E-state index contributed by atoms with van der Waals surface area (Å²) in [6.45, 7) is 5.86. The topological polar surface area (TPSA) is 45.8 Å². The van der Waals surface area contributed by atoms with Gasteiger partial charge >= 0.3 is 0 Å². The summed E-state index contributed by atoms with van der Waals surface area (Å²) in [6.07, 6.45) is 0.930. The second kappa shape index (κ2) is 10.2. The molecule has 0 amide bonds. The van der Waals surface area contributed by atoms with E-state index in [0.717, 1.165) is 17.1 Å². The number of halogens is 1. The third kappa shape index (κ3) is 6.73. The van der Waals surface area contributed by atoms with E-state index in [1.165, 1.54) is 17.7 Å². The molecule has 3 aromatic rings. The van der Waals surface area contributed by atoms with E-state index in [-0.39, 0.29) is 12.4 Å². The highest BCUT2D eigenvalue weighted by atomic mass is 19.1. The van der Waals surface area contributed by atoms with Gasteiger partial charge in [-0.05, 0) is 53.4 Å². The van der Waals surface area contributed by atoms with Crippen LogP contribution in [-0.4, -0.2) is 29.3 Å². The quantitative estimate of drug-likeness (QED) is 0.524. The number of nitrogens with zero attached hydrogens (tertiary/aromatic N) is 1. The van der Waals surface area contributed by atoms with Gasteiger partial charge in [-0.25, -0.2) is 4.39 Å². The molecule has 1 unspecified atom stereocenters. The van der Waals surface area contributed by atoms with Gasteiger partial charge in [0.15, 0.2) is 0 Å². The molecule has 154 valence electrons. The molecule has 0 bridgehead atoms. The average molecular weight is 397 g/mol. The van der Waals surface area contributed by atoms with Gasteiger partial charge < -0.3 is 14.3 Å². The first-order valence-electron chi connectivity index (χ1n) is 9.89. The van der Waals surface area contributed by atoms with Gasteiger partial charge in [0.05, 0.1) is 12.8 Å².